The van der Waals surface area contributed by atoms with Crippen molar-refractivity contribution in [2.45, 2.75) is 19.1 Å². The van der Waals surface area contributed by atoms with E-state index in [0.717, 1.165) is 24.4 Å². The van der Waals surface area contributed by atoms with Crippen LogP contribution in [0.4, 0.5) is 24.7 Å². The van der Waals surface area contributed by atoms with Gasteiger partial charge >= 0.3 is 6.18 Å². The van der Waals surface area contributed by atoms with Gasteiger partial charge in [0.25, 0.3) is 0 Å². The van der Waals surface area contributed by atoms with Crippen molar-refractivity contribution < 1.29 is 18.0 Å². The summed E-state index contributed by atoms with van der Waals surface area (Å²) in [6.45, 7) is 6.05. The number of likely N-dealkylation sites (tertiary alicyclic amines) is 1. The summed E-state index contributed by atoms with van der Waals surface area (Å²) in [4.78, 5) is 15.7. The molecule has 0 radical (unpaired) electrons. The molecule has 8 heteroatoms. The van der Waals surface area contributed by atoms with Gasteiger partial charge < -0.3 is 9.80 Å². The maximum Gasteiger partial charge on any atom is 0.416 e. The van der Waals surface area contributed by atoms with Crippen molar-refractivity contribution in [3.63, 3.8) is 0 Å². The zero-order chi connectivity index (χ0) is 19.2. The number of benzene rings is 1. The predicted molar refractivity (Wildman–Crippen MR) is 94.5 cm³/mol. The van der Waals surface area contributed by atoms with Crippen LogP contribution in [0.2, 0.25) is 0 Å². The van der Waals surface area contributed by atoms with Crippen LogP contribution in [0, 0.1) is 5.41 Å². The Morgan fingerprint density at radius 2 is 1.89 bits per heavy atom. The van der Waals surface area contributed by atoms with Crippen LogP contribution >= 0.6 is 0 Å². The van der Waals surface area contributed by atoms with Crippen molar-refractivity contribution in [1.29, 1.82) is 0 Å². The molecule has 4 rings (SSSR count). The van der Waals surface area contributed by atoms with E-state index in [1.807, 2.05) is 15.6 Å². The summed E-state index contributed by atoms with van der Waals surface area (Å²) in [7, 11) is 0. The highest BCUT2D eigenvalue weighted by molar-refractivity contribution is 5.87. The Morgan fingerprint density at radius 1 is 1.15 bits per heavy atom. The highest BCUT2D eigenvalue weighted by atomic mass is 19.4. The average Bonchev–Trinajstić information content (AvgIpc) is 3.27. The van der Waals surface area contributed by atoms with Gasteiger partial charge in [-0.2, -0.15) is 18.3 Å². The van der Waals surface area contributed by atoms with E-state index in [-0.39, 0.29) is 11.3 Å². The van der Waals surface area contributed by atoms with Gasteiger partial charge in [0, 0.05) is 36.8 Å². The van der Waals surface area contributed by atoms with E-state index in [0.29, 0.717) is 31.9 Å². The van der Waals surface area contributed by atoms with E-state index < -0.39 is 11.7 Å². The largest absolute Gasteiger partial charge is 0.416 e. The molecule has 5 nitrogen and oxygen atoms in total. The van der Waals surface area contributed by atoms with Crippen molar-refractivity contribution in [1.82, 2.24) is 14.7 Å². The molecule has 1 saturated heterocycles. The molecule has 1 aromatic heterocycles. The number of amides is 1. The number of carbonyl (C=O) groups is 1. The van der Waals surface area contributed by atoms with E-state index in [9.17, 15) is 18.0 Å². The first-order valence-electron chi connectivity index (χ1n) is 8.69. The second kappa shape index (κ2) is 6.14. The fraction of sp³-hybridized carbons (Fsp3) is 0.368. The van der Waals surface area contributed by atoms with Gasteiger partial charge in [-0.3, -0.25) is 4.79 Å². The maximum atomic E-state index is 12.9. The fourth-order valence-electron chi connectivity index (χ4n) is 4.03. The van der Waals surface area contributed by atoms with Crippen molar-refractivity contribution in [2.24, 2.45) is 5.41 Å². The zero-order valence-corrected chi connectivity index (χ0v) is 14.6. The summed E-state index contributed by atoms with van der Waals surface area (Å²) in [6.07, 6.45) is -0.550. The van der Waals surface area contributed by atoms with Gasteiger partial charge in [-0.25, -0.2) is 4.68 Å². The van der Waals surface area contributed by atoms with E-state index in [4.69, 9.17) is 0 Å². The SMILES string of the molecule is C=CC(=O)N1CC[C@]2(C1)CN(c1ccc(C(F)(F)F)cc1)c1ccnn1C2. The quantitative estimate of drug-likeness (QED) is 0.754. The van der Waals surface area contributed by atoms with E-state index in [2.05, 4.69) is 11.7 Å². The maximum absolute atomic E-state index is 12.9. The summed E-state index contributed by atoms with van der Waals surface area (Å²) in [5, 5.41) is 4.37. The molecule has 0 saturated carbocycles. The minimum atomic E-state index is -4.36. The zero-order valence-electron chi connectivity index (χ0n) is 14.6. The van der Waals surface area contributed by atoms with Crippen LogP contribution in [0.5, 0.6) is 0 Å². The van der Waals surface area contributed by atoms with Crippen LogP contribution in [-0.2, 0) is 17.5 Å². The van der Waals surface area contributed by atoms with Gasteiger partial charge in [0.1, 0.15) is 5.82 Å². The highest BCUT2D eigenvalue weighted by Crippen LogP contribution is 2.42. The minimum Gasteiger partial charge on any atom is -0.338 e. The Morgan fingerprint density at radius 3 is 2.56 bits per heavy atom. The number of fused-ring (bicyclic) bond motifs is 1. The number of aromatic nitrogens is 2. The molecule has 1 fully saturated rings. The third kappa shape index (κ3) is 3.09. The van der Waals surface area contributed by atoms with E-state index in [1.165, 1.54) is 18.2 Å². The number of halogens is 3. The Bertz CT molecular complexity index is 874. The van der Waals surface area contributed by atoms with Crippen molar-refractivity contribution in [3.8, 4) is 0 Å². The van der Waals surface area contributed by atoms with Crippen LogP contribution in [0.1, 0.15) is 12.0 Å². The Labute approximate surface area is 154 Å². The molecule has 0 aliphatic carbocycles. The Kier molecular flexibility index (Phi) is 4.01. The number of hydrogen-bond donors (Lipinski definition) is 0. The lowest BCUT2D eigenvalue weighted by atomic mass is 9.84. The molecule has 0 bridgehead atoms. The molecule has 27 heavy (non-hydrogen) atoms. The van der Waals surface area contributed by atoms with Gasteiger partial charge in [-0.05, 0) is 36.8 Å². The summed E-state index contributed by atoms with van der Waals surface area (Å²) < 4.78 is 40.5. The molecule has 1 amide bonds. The Balaban J connectivity index is 1.65. The second-order valence-corrected chi connectivity index (χ2v) is 7.19. The van der Waals surface area contributed by atoms with Crippen LogP contribution in [-0.4, -0.2) is 40.2 Å². The molecule has 2 aliphatic rings. The molecular formula is C19H19F3N4O. The summed E-state index contributed by atoms with van der Waals surface area (Å²) >= 11 is 0. The van der Waals surface area contributed by atoms with Gasteiger partial charge in [0.05, 0.1) is 18.3 Å². The second-order valence-electron chi connectivity index (χ2n) is 7.19. The van der Waals surface area contributed by atoms with Crippen molar-refractivity contribution in [2.75, 3.05) is 24.5 Å². The molecule has 1 spiro atoms. The van der Waals surface area contributed by atoms with Gasteiger partial charge in [0.15, 0.2) is 0 Å². The number of alkyl halides is 3. The van der Waals surface area contributed by atoms with E-state index >= 15 is 0 Å². The smallest absolute Gasteiger partial charge is 0.338 e. The molecule has 1 atom stereocenters. The number of rotatable bonds is 2. The molecule has 3 heterocycles. The Hall–Kier alpha value is -2.77. The lowest BCUT2D eigenvalue weighted by Crippen LogP contribution is -2.46. The molecular weight excluding hydrogens is 357 g/mol. The van der Waals surface area contributed by atoms with Crippen LogP contribution in [0.25, 0.3) is 0 Å². The lowest BCUT2D eigenvalue weighted by Gasteiger charge is -2.41. The summed E-state index contributed by atoms with van der Waals surface area (Å²) in [5.74, 6) is 0.744. The standard InChI is InChI=1S/C19H19F3N4O/c1-2-17(27)24-10-8-18(11-24)12-25(16-7-9-23-26(16)13-18)15-5-3-14(4-6-15)19(20,21)22/h2-7,9H,1,8,10-13H2/t18-/m0/s1. The number of anilines is 2. The number of hydrogen-bond acceptors (Lipinski definition) is 3. The number of carbonyl (C=O) groups excluding carboxylic acids is 1. The monoisotopic (exact) mass is 376 g/mol. The molecule has 0 unspecified atom stereocenters. The first-order valence-corrected chi connectivity index (χ1v) is 8.69. The van der Waals surface area contributed by atoms with Crippen LogP contribution in [0.3, 0.4) is 0 Å². The van der Waals surface area contributed by atoms with Crippen LogP contribution in [0.15, 0.2) is 49.2 Å². The topological polar surface area (TPSA) is 41.4 Å². The lowest BCUT2D eigenvalue weighted by molar-refractivity contribution is -0.137. The molecule has 142 valence electrons. The van der Waals surface area contributed by atoms with E-state index in [1.54, 1.807) is 11.1 Å². The molecule has 1 aromatic carbocycles. The van der Waals surface area contributed by atoms with Gasteiger partial charge in [0.2, 0.25) is 5.91 Å². The normalized spacial score (nSPS) is 22.2. The van der Waals surface area contributed by atoms with Crippen molar-refractivity contribution >= 4 is 17.4 Å². The first-order chi connectivity index (χ1) is 12.8. The summed E-state index contributed by atoms with van der Waals surface area (Å²) in [6, 6.07) is 7.02. The van der Waals surface area contributed by atoms with Crippen molar-refractivity contribution in [3.05, 3.63) is 54.7 Å². The molecule has 0 N–H and O–H groups in total. The number of nitrogens with zero attached hydrogens (tertiary/aromatic N) is 4. The third-order valence-corrected chi connectivity index (χ3v) is 5.38. The third-order valence-electron chi connectivity index (χ3n) is 5.38. The fourth-order valence-corrected chi connectivity index (χ4v) is 4.03. The minimum absolute atomic E-state index is 0.0979. The summed E-state index contributed by atoms with van der Waals surface area (Å²) in [5.41, 5.74) is -0.187. The highest BCUT2D eigenvalue weighted by Gasteiger charge is 2.45. The molecule has 2 aliphatic heterocycles. The predicted octanol–water partition coefficient (Wildman–Crippen LogP) is 3.46. The molecule has 2 aromatic rings. The average molecular weight is 376 g/mol. The first kappa shape index (κ1) is 17.6. The van der Waals surface area contributed by atoms with Gasteiger partial charge in [-0.15, -0.1) is 0 Å². The van der Waals surface area contributed by atoms with Crippen LogP contribution < -0.4 is 4.90 Å². The van der Waals surface area contributed by atoms with Gasteiger partial charge in [-0.1, -0.05) is 6.58 Å².